The molecule has 7 nitrogen and oxygen atoms in total. The van der Waals surface area contributed by atoms with Gasteiger partial charge in [-0.1, -0.05) is 11.6 Å². The van der Waals surface area contributed by atoms with E-state index in [-0.39, 0.29) is 5.91 Å². The molecule has 1 fully saturated rings. The van der Waals surface area contributed by atoms with Crippen LogP contribution in [0.1, 0.15) is 47.8 Å². The summed E-state index contributed by atoms with van der Waals surface area (Å²) >= 11 is 6.34. The Balaban J connectivity index is 1.25. The number of likely N-dealkylation sites (tertiary alicyclic amines) is 1. The second-order valence-electron chi connectivity index (χ2n) is 7.81. The fourth-order valence-corrected chi connectivity index (χ4v) is 4.28. The number of carbonyl (C=O) groups is 1. The number of ether oxygens (including phenoxy) is 2. The Bertz CT molecular complexity index is 930. The molecule has 0 aliphatic carbocycles. The van der Waals surface area contributed by atoms with Crippen LogP contribution in [0, 0.1) is 0 Å². The number of halogens is 1. The zero-order valence-corrected chi connectivity index (χ0v) is 18.4. The number of aromatic nitrogens is 2. The number of carbonyl (C=O) groups excluding carboxylic acids is 1. The van der Waals surface area contributed by atoms with Gasteiger partial charge in [0.1, 0.15) is 28.7 Å². The summed E-state index contributed by atoms with van der Waals surface area (Å²) in [5.41, 5.74) is 0.484. The lowest BCUT2D eigenvalue weighted by Gasteiger charge is -2.31. The molecule has 0 spiro atoms. The predicted molar refractivity (Wildman–Crippen MR) is 118 cm³/mol. The third kappa shape index (κ3) is 5.17. The fourth-order valence-electron chi connectivity index (χ4n) is 4.07. The summed E-state index contributed by atoms with van der Waals surface area (Å²) < 4.78 is 10.8. The molecule has 0 unspecified atom stereocenters. The first kappa shape index (κ1) is 21.6. The summed E-state index contributed by atoms with van der Waals surface area (Å²) in [6.07, 6.45) is 9.08. The van der Waals surface area contributed by atoms with Gasteiger partial charge in [-0.05, 0) is 63.5 Å². The number of hydrogen-bond acceptors (Lipinski definition) is 6. The molecule has 1 aromatic heterocycles. The molecular weight excluding hydrogens is 416 g/mol. The van der Waals surface area contributed by atoms with Crippen LogP contribution in [0.25, 0.3) is 0 Å². The van der Waals surface area contributed by atoms with E-state index < -0.39 is 0 Å². The van der Waals surface area contributed by atoms with Crippen molar-refractivity contribution < 1.29 is 14.3 Å². The van der Waals surface area contributed by atoms with Crippen LogP contribution < -0.4 is 9.47 Å². The zero-order chi connectivity index (χ0) is 21.6. The standard InChI is InChI=1S/C23H27ClN4O3/c1-30-18-5-6-19-20(15-18)31-16-21(24)28(23(19)29)12-3-2-11-27-13-7-17(8-14-27)22-25-9-4-10-26-22/h4-6,9-10,15-17H,2-3,7-8,11-14H2,1H3. The van der Waals surface area contributed by atoms with Crippen LogP contribution in [0.3, 0.4) is 0 Å². The van der Waals surface area contributed by atoms with E-state index in [1.807, 2.05) is 18.5 Å². The van der Waals surface area contributed by atoms with E-state index in [4.69, 9.17) is 21.1 Å². The van der Waals surface area contributed by atoms with Crippen molar-refractivity contribution >= 4 is 17.5 Å². The maximum Gasteiger partial charge on any atom is 0.262 e. The van der Waals surface area contributed by atoms with Gasteiger partial charge in [-0.25, -0.2) is 9.97 Å². The Morgan fingerprint density at radius 3 is 2.65 bits per heavy atom. The van der Waals surface area contributed by atoms with Crippen LogP contribution >= 0.6 is 11.6 Å². The first-order valence-electron chi connectivity index (χ1n) is 10.7. The molecule has 3 heterocycles. The van der Waals surface area contributed by atoms with Gasteiger partial charge in [-0.15, -0.1) is 0 Å². The number of benzene rings is 1. The van der Waals surface area contributed by atoms with Crippen LogP contribution in [0.5, 0.6) is 11.5 Å². The maximum atomic E-state index is 13.0. The lowest BCUT2D eigenvalue weighted by atomic mass is 9.96. The van der Waals surface area contributed by atoms with Crippen molar-refractivity contribution in [3.05, 3.63) is 59.5 Å². The summed E-state index contributed by atoms with van der Waals surface area (Å²) in [6.45, 7) is 3.66. The minimum absolute atomic E-state index is 0.153. The Kier molecular flexibility index (Phi) is 7.04. The topological polar surface area (TPSA) is 67.8 Å². The quantitative estimate of drug-likeness (QED) is 0.476. The fraction of sp³-hybridized carbons (Fsp3) is 0.435. The average molecular weight is 443 g/mol. The second kappa shape index (κ2) is 10.1. The van der Waals surface area contributed by atoms with E-state index in [9.17, 15) is 4.79 Å². The zero-order valence-electron chi connectivity index (χ0n) is 17.7. The van der Waals surface area contributed by atoms with Crippen molar-refractivity contribution in [1.82, 2.24) is 19.8 Å². The monoisotopic (exact) mass is 442 g/mol. The van der Waals surface area contributed by atoms with Crippen molar-refractivity contribution in [2.45, 2.75) is 31.6 Å². The van der Waals surface area contributed by atoms with Crippen LogP contribution in [-0.2, 0) is 0 Å². The van der Waals surface area contributed by atoms with E-state index >= 15 is 0 Å². The van der Waals surface area contributed by atoms with Crippen molar-refractivity contribution in [3.8, 4) is 11.5 Å². The molecule has 8 heteroatoms. The molecule has 0 saturated carbocycles. The number of methoxy groups -OCH3 is 1. The summed E-state index contributed by atoms with van der Waals surface area (Å²) in [7, 11) is 1.58. The summed E-state index contributed by atoms with van der Waals surface area (Å²) in [5, 5.41) is 0.295. The van der Waals surface area contributed by atoms with Gasteiger partial charge in [-0.3, -0.25) is 9.69 Å². The smallest absolute Gasteiger partial charge is 0.262 e. The number of rotatable bonds is 7. The Labute approximate surface area is 187 Å². The number of unbranched alkanes of at least 4 members (excludes halogenated alkanes) is 1. The Morgan fingerprint density at radius 1 is 1.16 bits per heavy atom. The number of nitrogens with zero attached hydrogens (tertiary/aromatic N) is 4. The van der Waals surface area contributed by atoms with E-state index in [1.165, 1.54) is 6.26 Å². The third-order valence-electron chi connectivity index (χ3n) is 5.85. The van der Waals surface area contributed by atoms with Crippen molar-refractivity contribution in [2.75, 3.05) is 33.3 Å². The normalized spacial score (nSPS) is 17.5. The highest BCUT2D eigenvalue weighted by molar-refractivity contribution is 6.30. The second-order valence-corrected chi connectivity index (χ2v) is 8.19. The van der Waals surface area contributed by atoms with Gasteiger partial charge in [0.15, 0.2) is 0 Å². The van der Waals surface area contributed by atoms with Crippen molar-refractivity contribution in [1.29, 1.82) is 0 Å². The lowest BCUT2D eigenvalue weighted by molar-refractivity contribution is 0.0814. The van der Waals surface area contributed by atoms with Gasteiger partial charge in [0.05, 0.1) is 12.7 Å². The molecule has 0 atom stereocenters. The van der Waals surface area contributed by atoms with Gasteiger partial charge in [-0.2, -0.15) is 0 Å². The van der Waals surface area contributed by atoms with Crippen LogP contribution in [-0.4, -0.2) is 59.0 Å². The molecule has 0 radical (unpaired) electrons. The largest absolute Gasteiger partial charge is 0.497 e. The SMILES string of the molecule is COc1ccc2c(c1)OC=C(Cl)N(CCCCN1CCC(c3ncccn3)CC1)C2=O. The highest BCUT2D eigenvalue weighted by atomic mass is 35.5. The molecule has 0 N–H and O–H groups in total. The highest BCUT2D eigenvalue weighted by Gasteiger charge is 2.26. The molecule has 0 bridgehead atoms. The van der Waals surface area contributed by atoms with Crippen LogP contribution in [0.2, 0.25) is 0 Å². The van der Waals surface area contributed by atoms with Gasteiger partial charge >= 0.3 is 0 Å². The molecule has 4 rings (SSSR count). The van der Waals surface area contributed by atoms with E-state index in [1.54, 1.807) is 30.2 Å². The first-order valence-corrected chi connectivity index (χ1v) is 11.0. The molecule has 1 saturated heterocycles. The van der Waals surface area contributed by atoms with Gasteiger partial charge < -0.3 is 14.4 Å². The van der Waals surface area contributed by atoms with E-state index in [0.717, 1.165) is 51.1 Å². The van der Waals surface area contributed by atoms with E-state index in [0.29, 0.717) is 34.7 Å². The molecule has 164 valence electrons. The summed E-state index contributed by atoms with van der Waals surface area (Å²) in [4.78, 5) is 25.8. The summed E-state index contributed by atoms with van der Waals surface area (Å²) in [6, 6.07) is 7.02. The minimum atomic E-state index is -0.153. The van der Waals surface area contributed by atoms with Crippen molar-refractivity contribution in [3.63, 3.8) is 0 Å². The third-order valence-corrected chi connectivity index (χ3v) is 6.14. The van der Waals surface area contributed by atoms with Gasteiger partial charge in [0.2, 0.25) is 0 Å². The minimum Gasteiger partial charge on any atom is -0.497 e. The number of fused-ring (bicyclic) bond motifs is 1. The number of piperidine rings is 1. The lowest BCUT2D eigenvalue weighted by Crippen LogP contribution is -2.35. The van der Waals surface area contributed by atoms with Gasteiger partial charge in [0, 0.05) is 30.9 Å². The van der Waals surface area contributed by atoms with Crippen LogP contribution in [0.4, 0.5) is 0 Å². The molecule has 2 aromatic rings. The number of amides is 1. The van der Waals surface area contributed by atoms with Gasteiger partial charge in [0.25, 0.3) is 5.91 Å². The molecule has 1 amide bonds. The summed E-state index contributed by atoms with van der Waals surface area (Å²) in [5.74, 6) is 2.35. The predicted octanol–water partition coefficient (Wildman–Crippen LogP) is 4.02. The molecule has 1 aromatic carbocycles. The first-order chi connectivity index (χ1) is 15.2. The molecular formula is C23H27ClN4O3. The van der Waals surface area contributed by atoms with E-state index in [2.05, 4.69) is 14.9 Å². The van der Waals surface area contributed by atoms with Crippen molar-refractivity contribution in [2.24, 2.45) is 0 Å². The average Bonchev–Trinajstić information content (AvgIpc) is 2.93. The maximum absolute atomic E-state index is 13.0. The Hall–Kier alpha value is -2.64. The van der Waals surface area contributed by atoms with Crippen LogP contribution in [0.15, 0.2) is 48.1 Å². The molecule has 2 aliphatic heterocycles. The Morgan fingerprint density at radius 2 is 1.90 bits per heavy atom. The highest BCUT2D eigenvalue weighted by Crippen LogP contribution is 2.31. The molecule has 2 aliphatic rings. The number of hydrogen-bond donors (Lipinski definition) is 0. The molecule has 31 heavy (non-hydrogen) atoms.